The molecule has 1 N–H and O–H groups in total. The molecular formula is C21H23BrN2O4S. The first-order valence-corrected chi connectivity index (χ1v) is 11.5. The van der Waals surface area contributed by atoms with Crippen molar-refractivity contribution in [2.45, 2.75) is 17.9 Å². The summed E-state index contributed by atoms with van der Waals surface area (Å²) in [6.45, 7) is 3.46. The Morgan fingerprint density at radius 1 is 1.10 bits per heavy atom. The molecule has 1 saturated heterocycles. The monoisotopic (exact) mass is 478 g/mol. The van der Waals surface area contributed by atoms with Crippen molar-refractivity contribution >= 4 is 37.9 Å². The van der Waals surface area contributed by atoms with Crippen molar-refractivity contribution in [2.24, 2.45) is 0 Å². The second-order valence-corrected chi connectivity index (χ2v) is 9.55. The van der Waals surface area contributed by atoms with E-state index in [2.05, 4.69) is 21.2 Å². The summed E-state index contributed by atoms with van der Waals surface area (Å²) in [5.74, 6) is -0.217. The summed E-state index contributed by atoms with van der Waals surface area (Å²) in [4.78, 5) is 12.4. The molecule has 6 nitrogen and oxygen atoms in total. The van der Waals surface area contributed by atoms with Gasteiger partial charge >= 0.3 is 0 Å². The minimum Gasteiger partial charge on any atom is -0.379 e. The molecule has 1 fully saturated rings. The number of rotatable bonds is 6. The maximum Gasteiger partial charge on any atom is 0.244 e. The fraction of sp³-hybridized carbons (Fsp3) is 0.286. The van der Waals surface area contributed by atoms with Crippen LogP contribution in [0.2, 0.25) is 0 Å². The van der Waals surface area contributed by atoms with Crippen LogP contribution in [0.4, 0.5) is 0 Å². The standard InChI is InChI=1S/C21H23BrN2O4S/c1-16(18-5-7-19(22)8-6-18)23-21(25)11-4-17-2-9-20(10-3-17)29(26,27)24-12-14-28-15-13-24/h2-11,16H,12-15H2,1H3,(H,23,25)/b11-4+. The van der Waals surface area contributed by atoms with Crippen molar-refractivity contribution in [3.63, 3.8) is 0 Å². The molecule has 154 valence electrons. The van der Waals surface area contributed by atoms with E-state index in [1.165, 1.54) is 10.4 Å². The zero-order valence-electron chi connectivity index (χ0n) is 16.0. The molecule has 1 aliphatic rings. The number of hydrogen-bond acceptors (Lipinski definition) is 4. The van der Waals surface area contributed by atoms with Gasteiger partial charge in [-0.25, -0.2) is 8.42 Å². The normalized spacial score (nSPS) is 16.6. The van der Waals surface area contributed by atoms with Crippen LogP contribution >= 0.6 is 15.9 Å². The van der Waals surface area contributed by atoms with Crippen molar-refractivity contribution in [1.29, 1.82) is 0 Å². The first-order valence-electron chi connectivity index (χ1n) is 9.28. The number of amides is 1. The molecule has 0 aromatic heterocycles. The van der Waals surface area contributed by atoms with Crippen LogP contribution in [0, 0.1) is 0 Å². The highest BCUT2D eigenvalue weighted by molar-refractivity contribution is 9.10. The Hall–Kier alpha value is -2.00. The lowest BCUT2D eigenvalue weighted by atomic mass is 10.1. The predicted molar refractivity (Wildman–Crippen MR) is 116 cm³/mol. The molecule has 1 unspecified atom stereocenters. The number of morpholine rings is 1. The van der Waals surface area contributed by atoms with E-state index in [9.17, 15) is 13.2 Å². The largest absolute Gasteiger partial charge is 0.379 e. The second-order valence-electron chi connectivity index (χ2n) is 6.70. The van der Waals surface area contributed by atoms with Crippen LogP contribution in [-0.4, -0.2) is 44.9 Å². The first-order chi connectivity index (χ1) is 13.9. The van der Waals surface area contributed by atoms with E-state index >= 15 is 0 Å². The van der Waals surface area contributed by atoms with Crippen LogP contribution < -0.4 is 5.32 Å². The van der Waals surface area contributed by atoms with Crippen LogP contribution in [0.5, 0.6) is 0 Å². The van der Waals surface area contributed by atoms with Gasteiger partial charge in [-0.1, -0.05) is 40.2 Å². The second kappa shape index (κ2) is 9.67. The fourth-order valence-corrected chi connectivity index (χ4v) is 4.63. The summed E-state index contributed by atoms with van der Waals surface area (Å²) in [7, 11) is -3.51. The summed E-state index contributed by atoms with van der Waals surface area (Å²) >= 11 is 3.39. The highest BCUT2D eigenvalue weighted by atomic mass is 79.9. The molecule has 2 aromatic carbocycles. The van der Waals surface area contributed by atoms with Gasteiger partial charge in [-0.05, 0) is 48.4 Å². The molecule has 0 radical (unpaired) electrons. The van der Waals surface area contributed by atoms with Gasteiger partial charge in [-0.3, -0.25) is 4.79 Å². The van der Waals surface area contributed by atoms with E-state index in [4.69, 9.17) is 4.74 Å². The molecule has 29 heavy (non-hydrogen) atoms. The number of ether oxygens (including phenoxy) is 1. The summed E-state index contributed by atoms with van der Waals surface area (Å²) < 4.78 is 32.9. The summed E-state index contributed by atoms with van der Waals surface area (Å²) in [5.41, 5.74) is 1.75. The zero-order chi connectivity index (χ0) is 20.9. The molecule has 1 heterocycles. The average Bonchev–Trinajstić information content (AvgIpc) is 2.73. The number of hydrogen-bond donors (Lipinski definition) is 1. The average molecular weight is 479 g/mol. The van der Waals surface area contributed by atoms with Crippen molar-refractivity contribution in [3.05, 3.63) is 70.2 Å². The SMILES string of the molecule is CC(NC(=O)/C=C/c1ccc(S(=O)(=O)N2CCOCC2)cc1)c1ccc(Br)cc1. The fourth-order valence-electron chi connectivity index (χ4n) is 2.96. The Balaban J connectivity index is 1.60. The predicted octanol–water partition coefficient (Wildman–Crippen LogP) is 3.36. The van der Waals surface area contributed by atoms with E-state index < -0.39 is 10.0 Å². The molecule has 1 atom stereocenters. The summed E-state index contributed by atoms with van der Waals surface area (Å²) in [6, 6.07) is 14.1. The van der Waals surface area contributed by atoms with Crippen molar-refractivity contribution in [2.75, 3.05) is 26.3 Å². The number of nitrogens with one attached hydrogen (secondary N) is 1. The molecular weight excluding hydrogens is 456 g/mol. The lowest BCUT2D eigenvalue weighted by Crippen LogP contribution is -2.40. The highest BCUT2D eigenvalue weighted by Gasteiger charge is 2.25. The molecule has 2 aromatic rings. The van der Waals surface area contributed by atoms with Crippen LogP contribution in [0.25, 0.3) is 6.08 Å². The van der Waals surface area contributed by atoms with E-state index in [-0.39, 0.29) is 16.8 Å². The molecule has 8 heteroatoms. The van der Waals surface area contributed by atoms with Gasteiger partial charge in [0.25, 0.3) is 0 Å². The first kappa shape index (κ1) is 21.7. The summed E-state index contributed by atoms with van der Waals surface area (Å²) in [5, 5.41) is 2.91. The lowest BCUT2D eigenvalue weighted by Gasteiger charge is -2.26. The number of carbonyl (C=O) groups is 1. The van der Waals surface area contributed by atoms with Gasteiger partial charge in [0.15, 0.2) is 0 Å². The lowest BCUT2D eigenvalue weighted by molar-refractivity contribution is -0.117. The number of carbonyl (C=O) groups excluding carboxylic acids is 1. The third-order valence-corrected chi connectivity index (χ3v) is 7.09. The van der Waals surface area contributed by atoms with Gasteiger partial charge < -0.3 is 10.1 Å². The molecule has 3 rings (SSSR count). The maximum absolute atomic E-state index is 12.6. The Bertz CT molecular complexity index is 967. The number of nitrogens with zero attached hydrogens (tertiary/aromatic N) is 1. The van der Waals surface area contributed by atoms with E-state index in [0.717, 1.165) is 15.6 Å². The Morgan fingerprint density at radius 3 is 2.34 bits per heavy atom. The van der Waals surface area contributed by atoms with E-state index in [1.807, 2.05) is 31.2 Å². The van der Waals surface area contributed by atoms with Crippen LogP contribution in [0.1, 0.15) is 24.1 Å². The van der Waals surface area contributed by atoms with Crippen LogP contribution in [-0.2, 0) is 19.6 Å². The van der Waals surface area contributed by atoms with Gasteiger partial charge in [0.05, 0.1) is 24.2 Å². The van der Waals surface area contributed by atoms with E-state index in [0.29, 0.717) is 26.3 Å². The maximum atomic E-state index is 12.6. The molecule has 0 saturated carbocycles. The minimum atomic E-state index is -3.51. The third kappa shape index (κ3) is 5.76. The molecule has 0 aliphatic carbocycles. The van der Waals surface area contributed by atoms with Crippen molar-refractivity contribution in [3.8, 4) is 0 Å². The van der Waals surface area contributed by atoms with Gasteiger partial charge in [0.1, 0.15) is 0 Å². The topological polar surface area (TPSA) is 75.7 Å². The third-order valence-electron chi connectivity index (χ3n) is 4.64. The minimum absolute atomic E-state index is 0.124. The smallest absolute Gasteiger partial charge is 0.244 e. The Morgan fingerprint density at radius 2 is 1.72 bits per heavy atom. The van der Waals surface area contributed by atoms with Gasteiger partial charge in [-0.15, -0.1) is 0 Å². The van der Waals surface area contributed by atoms with E-state index in [1.54, 1.807) is 30.3 Å². The van der Waals surface area contributed by atoms with Gasteiger partial charge in [0, 0.05) is 23.6 Å². The quantitative estimate of drug-likeness (QED) is 0.645. The highest BCUT2D eigenvalue weighted by Crippen LogP contribution is 2.19. The number of halogens is 1. The Kier molecular flexibility index (Phi) is 7.23. The van der Waals surface area contributed by atoms with Crippen molar-refractivity contribution in [1.82, 2.24) is 9.62 Å². The van der Waals surface area contributed by atoms with Crippen molar-refractivity contribution < 1.29 is 17.9 Å². The molecule has 0 spiro atoms. The molecule has 0 bridgehead atoms. The number of benzene rings is 2. The van der Waals surface area contributed by atoms with Gasteiger partial charge in [-0.2, -0.15) is 4.31 Å². The molecule has 1 aliphatic heterocycles. The van der Waals surface area contributed by atoms with Gasteiger partial charge in [0.2, 0.25) is 15.9 Å². The van der Waals surface area contributed by atoms with Crippen LogP contribution in [0.15, 0.2) is 64.0 Å². The number of sulfonamides is 1. The Labute approximate surface area is 179 Å². The zero-order valence-corrected chi connectivity index (χ0v) is 18.4. The summed E-state index contributed by atoms with van der Waals surface area (Å²) in [6.07, 6.45) is 3.11. The van der Waals surface area contributed by atoms with Crippen LogP contribution in [0.3, 0.4) is 0 Å². The molecule has 1 amide bonds.